The van der Waals surface area contributed by atoms with Crippen LogP contribution in [0.3, 0.4) is 0 Å². The molecule has 0 bridgehead atoms. The number of fused-ring (bicyclic) bond motifs is 1. The summed E-state index contributed by atoms with van der Waals surface area (Å²) in [6.07, 6.45) is -1.82. The number of imidazole rings is 1. The predicted octanol–water partition coefficient (Wildman–Crippen LogP) is 2.89. The first-order chi connectivity index (χ1) is 10.8. The van der Waals surface area contributed by atoms with Crippen molar-refractivity contribution in [2.75, 3.05) is 13.6 Å². The quantitative estimate of drug-likeness (QED) is 0.866. The minimum atomic E-state index is -4.37. The van der Waals surface area contributed by atoms with E-state index in [2.05, 4.69) is 15.0 Å². The van der Waals surface area contributed by atoms with Crippen LogP contribution in [-0.2, 0) is 25.7 Å². The van der Waals surface area contributed by atoms with Gasteiger partial charge in [0, 0.05) is 38.3 Å². The smallest absolute Gasteiger partial charge is 0.361 e. The summed E-state index contributed by atoms with van der Waals surface area (Å²) in [6.45, 7) is 3.88. The van der Waals surface area contributed by atoms with E-state index in [0.29, 0.717) is 31.3 Å². The van der Waals surface area contributed by atoms with Crippen molar-refractivity contribution < 1.29 is 17.7 Å². The molecule has 0 spiro atoms. The minimum absolute atomic E-state index is 0.302. The van der Waals surface area contributed by atoms with Gasteiger partial charge in [-0.05, 0) is 26.3 Å². The lowest BCUT2D eigenvalue weighted by Gasteiger charge is -2.27. The normalized spacial score (nSPS) is 18.4. The van der Waals surface area contributed by atoms with E-state index in [-0.39, 0.29) is 0 Å². The Hall–Kier alpha value is -1.83. The third-order valence-electron chi connectivity index (χ3n) is 4.06. The van der Waals surface area contributed by atoms with Gasteiger partial charge >= 0.3 is 6.18 Å². The largest absolute Gasteiger partial charge is 0.434 e. The summed E-state index contributed by atoms with van der Waals surface area (Å²) >= 11 is 0. The van der Waals surface area contributed by atoms with Crippen molar-refractivity contribution in [2.45, 2.75) is 39.0 Å². The first kappa shape index (κ1) is 16.0. The Balaban J connectivity index is 1.59. The Morgan fingerprint density at radius 3 is 2.87 bits per heavy atom. The molecule has 3 heterocycles. The van der Waals surface area contributed by atoms with Gasteiger partial charge in [0.05, 0.1) is 5.69 Å². The summed E-state index contributed by atoms with van der Waals surface area (Å²) in [5, 5.41) is 3.96. The van der Waals surface area contributed by atoms with E-state index < -0.39 is 11.9 Å². The van der Waals surface area contributed by atoms with Gasteiger partial charge in [0.2, 0.25) is 0 Å². The van der Waals surface area contributed by atoms with Crippen LogP contribution in [0.5, 0.6) is 0 Å². The van der Waals surface area contributed by atoms with Gasteiger partial charge in [-0.1, -0.05) is 5.16 Å². The van der Waals surface area contributed by atoms with Crippen LogP contribution in [0.25, 0.3) is 0 Å². The third-order valence-corrected chi connectivity index (χ3v) is 4.06. The summed E-state index contributed by atoms with van der Waals surface area (Å²) < 4.78 is 44.9. The van der Waals surface area contributed by atoms with Crippen LogP contribution in [0, 0.1) is 12.8 Å². The molecule has 0 aromatic carbocycles. The van der Waals surface area contributed by atoms with Gasteiger partial charge in [-0.15, -0.1) is 0 Å². The molecule has 126 valence electrons. The Morgan fingerprint density at radius 2 is 2.22 bits per heavy atom. The van der Waals surface area contributed by atoms with Gasteiger partial charge in [-0.3, -0.25) is 0 Å². The molecule has 1 aliphatic rings. The number of rotatable bonds is 4. The average Bonchev–Trinajstić information content (AvgIpc) is 3.04. The topological polar surface area (TPSA) is 47.1 Å². The highest BCUT2D eigenvalue weighted by atomic mass is 19.4. The van der Waals surface area contributed by atoms with E-state index in [1.807, 2.05) is 20.0 Å². The Labute approximate surface area is 132 Å². The molecule has 23 heavy (non-hydrogen) atoms. The Morgan fingerprint density at radius 1 is 1.43 bits per heavy atom. The van der Waals surface area contributed by atoms with Gasteiger partial charge in [-0.25, -0.2) is 4.98 Å². The van der Waals surface area contributed by atoms with Crippen molar-refractivity contribution in [2.24, 2.45) is 5.92 Å². The summed E-state index contributed by atoms with van der Waals surface area (Å²) in [7, 11) is 1.98. The summed E-state index contributed by atoms with van der Waals surface area (Å²) in [5.41, 5.74) is 0.0723. The highest BCUT2D eigenvalue weighted by Crippen LogP contribution is 2.30. The van der Waals surface area contributed by atoms with E-state index in [1.54, 1.807) is 4.57 Å². The lowest BCUT2D eigenvalue weighted by molar-refractivity contribution is -0.141. The van der Waals surface area contributed by atoms with Crippen LogP contribution >= 0.6 is 0 Å². The standard InChI is InChI=1S/C15H19F3N4O/c1-10-5-12(20-23-10)8-21(2)6-11-3-4-14-19-13(15(16,17)18)9-22(14)7-11/h5,9,11H,3-4,6-8H2,1-2H3. The van der Waals surface area contributed by atoms with Crippen LogP contribution < -0.4 is 0 Å². The number of halogens is 3. The number of aryl methyl sites for hydroxylation is 2. The zero-order valence-electron chi connectivity index (χ0n) is 13.1. The Bertz CT molecular complexity index is 677. The second kappa shape index (κ2) is 5.99. The number of nitrogens with zero attached hydrogens (tertiary/aromatic N) is 4. The molecule has 1 atom stereocenters. The van der Waals surface area contributed by atoms with Gasteiger partial charge < -0.3 is 14.0 Å². The molecule has 0 saturated carbocycles. The van der Waals surface area contributed by atoms with Gasteiger partial charge in [0.25, 0.3) is 0 Å². The van der Waals surface area contributed by atoms with E-state index in [1.165, 1.54) is 0 Å². The second-order valence-corrected chi connectivity index (χ2v) is 6.22. The van der Waals surface area contributed by atoms with Crippen LogP contribution in [0.15, 0.2) is 16.8 Å². The first-order valence-electron chi connectivity index (χ1n) is 7.55. The lowest BCUT2D eigenvalue weighted by Crippen LogP contribution is -2.31. The molecule has 1 unspecified atom stereocenters. The molecular weight excluding hydrogens is 309 g/mol. The number of aromatic nitrogens is 3. The number of hydrogen-bond donors (Lipinski definition) is 0. The molecule has 8 heteroatoms. The zero-order valence-corrected chi connectivity index (χ0v) is 13.1. The molecule has 0 aliphatic carbocycles. The molecule has 3 rings (SSSR count). The predicted molar refractivity (Wildman–Crippen MR) is 76.6 cm³/mol. The van der Waals surface area contributed by atoms with Gasteiger partial charge in [-0.2, -0.15) is 13.2 Å². The van der Waals surface area contributed by atoms with Crippen LogP contribution in [0.1, 0.15) is 29.4 Å². The molecular formula is C15H19F3N4O. The monoisotopic (exact) mass is 328 g/mol. The van der Waals surface area contributed by atoms with Crippen molar-refractivity contribution in [3.05, 3.63) is 35.2 Å². The van der Waals surface area contributed by atoms with Crippen molar-refractivity contribution in [3.63, 3.8) is 0 Å². The van der Waals surface area contributed by atoms with E-state index in [4.69, 9.17) is 4.52 Å². The second-order valence-electron chi connectivity index (χ2n) is 6.22. The average molecular weight is 328 g/mol. The van der Waals surface area contributed by atoms with Crippen LogP contribution in [0.2, 0.25) is 0 Å². The third kappa shape index (κ3) is 3.74. The van der Waals surface area contributed by atoms with Crippen LogP contribution in [-0.4, -0.2) is 33.2 Å². The summed E-state index contributed by atoms with van der Waals surface area (Å²) in [4.78, 5) is 5.83. The SMILES string of the molecule is Cc1cc(CN(C)CC2CCc3nc(C(F)(F)F)cn3C2)no1. The summed E-state index contributed by atoms with van der Waals surface area (Å²) in [5.74, 6) is 1.60. The number of alkyl halides is 3. The van der Waals surface area contributed by atoms with Crippen molar-refractivity contribution in [1.82, 2.24) is 19.6 Å². The van der Waals surface area contributed by atoms with Crippen molar-refractivity contribution in [1.29, 1.82) is 0 Å². The van der Waals surface area contributed by atoms with Crippen molar-refractivity contribution >= 4 is 0 Å². The molecule has 1 aliphatic heterocycles. The highest BCUT2D eigenvalue weighted by Gasteiger charge is 2.35. The first-order valence-corrected chi connectivity index (χ1v) is 7.55. The minimum Gasteiger partial charge on any atom is -0.361 e. The van der Waals surface area contributed by atoms with Gasteiger partial charge in [0.15, 0.2) is 5.69 Å². The van der Waals surface area contributed by atoms with Crippen LogP contribution in [0.4, 0.5) is 13.2 Å². The maximum Gasteiger partial charge on any atom is 0.434 e. The maximum atomic E-state index is 12.7. The zero-order chi connectivity index (χ0) is 16.6. The number of hydrogen-bond acceptors (Lipinski definition) is 4. The Kier molecular flexibility index (Phi) is 4.18. The van der Waals surface area contributed by atoms with Crippen molar-refractivity contribution in [3.8, 4) is 0 Å². The molecule has 0 saturated heterocycles. The fourth-order valence-electron chi connectivity index (χ4n) is 3.07. The van der Waals surface area contributed by atoms with E-state index in [0.717, 1.165) is 30.6 Å². The molecule has 5 nitrogen and oxygen atoms in total. The molecule has 2 aromatic rings. The molecule has 0 N–H and O–H groups in total. The fraction of sp³-hybridized carbons (Fsp3) is 0.600. The van der Waals surface area contributed by atoms with Gasteiger partial charge in [0.1, 0.15) is 11.6 Å². The highest BCUT2D eigenvalue weighted by molar-refractivity contribution is 5.10. The van der Waals surface area contributed by atoms with E-state index >= 15 is 0 Å². The maximum absolute atomic E-state index is 12.7. The summed E-state index contributed by atoms with van der Waals surface area (Å²) in [6, 6.07) is 1.89. The van der Waals surface area contributed by atoms with E-state index in [9.17, 15) is 13.2 Å². The molecule has 0 radical (unpaired) electrons. The molecule has 2 aromatic heterocycles. The molecule has 0 amide bonds. The fourth-order valence-corrected chi connectivity index (χ4v) is 3.07. The molecule has 0 fully saturated rings. The lowest BCUT2D eigenvalue weighted by atomic mass is 9.99.